The number of benzene rings is 16. The summed E-state index contributed by atoms with van der Waals surface area (Å²) in [7, 11) is 0. The number of hydrogen-bond acceptors (Lipinski definition) is 4. The summed E-state index contributed by atoms with van der Waals surface area (Å²) >= 11 is 0. The van der Waals surface area contributed by atoms with Gasteiger partial charge in [0.1, 0.15) is 0 Å². The second-order valence-corrected chi connectivity index (χ2v) is 29.7. The van der Waals surface area contributed by atoms with Gasteiger partial charge in [-0.3, -0.25) is 0 Å². The van der Waals surface area contributed by atoms with E-state index in [4.69, 9.17) is 0 Å². The molecule has 3 unspecified atom stereocenters. The van der Waals surface area contributed by atoms with Crippen LogP contribution in [0.3, 0.4) is 0 Å². The van der Waals surface area contributed by atoms with Crippen molar-refractivity contribution >= 4 is 62.6 Å². The molecule has 0 radical (unpaired) electrons. The highest BCUT2D eigenvalue weighted by Crippen LogP contribution is 2.64. The molecule has 0 aromatic heterocycles. The molecular formula is C110H82N4. The summed E-state index contributed by atoms with van der Waals surface area (Å²) in [5, 5.41) is 0. The number of allylic oxidation sites excluding steroid dienone is 7. The lowest BCUT2D eigenvalue weighted by Gasteiger charge is -2.32. The van der Waals surface area contributed by atoms with Gasteiger partial charge in [0.2, 0.25) is 0 Å². The van der Waals surface area contributed by atoms with Gasteiger partial charge < -0.3 is 19.6 Å². The minimum Gasteiger partial charge on any atom is -0.310 e. The molecule has 1 spiro atoms. The van der Waals surface area contributed by atoms with Crippen LogP contribution in [-0.2, 0) is 5.41 Å². The maximum absolute atomic E-state index is 4.49. The van der Waals surface area contributed by atoms with Crippen molar-refractivity contribution in [2.24, 2.45) is 5.92 Å². The topological polar surface area (TPSA) is 13.0 Å². The zero-order chi connectivity index (χ0) is 76.5. The van der Waals surface area contributed by atoms with E-state index in [2.05, 4.69) is 470 Å². The molecule has 19 rings (SSSR count). The van der Waals surface area contributed by atoms with E-state index in [1.807, 2.05) is 12.2 Å². The van der Waals surface area contributed by atoms with Crippen molar-refractivity contribution in [3.8, 4) is 77.9 Å². The Morgan fingerprint density at radius 3 is 0.965 bits per heavy atom. The highest BCUT2D eigenvalue weighted by atomic mass is 15.2. The van der Waals surface area contributed by atoms with Gasteiger partial charge in [-0.1, -0.05) is 317 Å². The van der Waals surface area contributed by atoms with Gasteiger partial charge in [0, 0.05) is 74.2 Å². The first-order chi connectivity index (χ1) is 56.3. The van der Waals surface area contributed by atoms with Crippen LogP contribution in [0.1, 0.15) is 40.7 Å². The Morgan fingerprint density at radius 2 is 0.579 bits per heavy atom. The quantitative estimate of drug-likeness (QED) is 0.0705. The van der Waals surface area contributed by atoms with E-state index in [0.717, 1.165) is 107 Å². The molecule has 0 aliphatic heterocycles. The van der Waals surface area contributed by atoms with Crippen LogP contribution in [0.5, 0.6) is 0 Å². The Bertz CT molecular complexity index is 6150. The van der Waals surface area contributed by atoms with Crippen molar-refractivity contribution in [3.05, 3.63) is 490 Å². The summed E-state index contributed by atoms with van der Waals surface area (Å²) in [6.07, 6.45) is 14.8. The second-order valence-electron chi connectivity index (χ2n) is 29.7. The predicted molar refractivity (Wildman–Crippen MR) is 481 cm³/mol. The Kier molecular flexibility index (Phi) is 18.6. The number of rotatable bonds is 20. The maximum atomic E-state index is 4.49. The number of fused-ring (bicyclic) bond motifs is 10. The molecule has 0 bridgehead atoms. The highest BCUT2D eigenvalue weighted by Gasteiger charge is 2.52. The summed E-state index contributed by atoms with van der Waals surface area (Å²) in [5.74, 6) is 0.626. The molecule has 0 saturated carbocycles. The fourth-order valence-corrected chi connectivity index (χ4v) is 17.7. The molecule has 3 aliphatic rings. The third-order valence-electron chi connectivity index (χ3n) is 23.0. The molecule has 0 N–H and O–H groups in total. The summed E-state index contributed by atoms with van der Waals surface area (Å²) in [6.45, 7) is 11.1. The Morgan fingerprint density at radius 1 is 0.263 bits per heavy atom. The molecule has 4 heteroatoms. The fourth-order valence-electron chi connectivity index (χ4n) is 17.7. The molecular weight excluding hydrogens is 1380 g/mol. The van der Waals surface area contributed by atoms with E-state index in [9.17, 15) is 0 Å². The van der Waals surface area contributed by atoms with Gasteiger partial charge in [-0.05, 0) is 257 Å². The van der Waals surface area contributed by atoms with Crippen LogP contribution in [0.4, 0.5) is 62.6 Å². The van der Waals surface area contributed by atoms with E-state index in [1.165, 1.54) is 66.8 Å². The lowest BCUT2D eigenvalue weighted by molar-refractivity contribution is 0.635. The zero-order valence-corrected chi connectivity index (χ0v) is 63.5. The molecule has 16 aromatic rings. The minimum atomic E-state index is -0.744. The summed E-state index contributed by atoms with van der Waals surface area (Å²) in [4.78, 5) is 9.56. The Labute approximate surface area is 669 Å². The number of anilines is 11. The fraction of sp³-hybridized carbons (Fsp3) is 0.0364. The van der Waals surface area contributed by atoms with Crippen LogP contribution < -0.4 is 19.6 Å². The first-order valence-corrected chi connectivity index (χ1v) is 39.4. The summed E-state index contributed by atoms with van der Waals surface area (Å²) in [6, 6.07) is 148. The van der Waals surface area contributed by atoms with Crippen LogP contribution in [0.15, 0.2) is 462 Å². The second kappa shape index (κ2) is 30.4. The van der Waals surface area contributed by atoms with Crippen molar-refractivity contribution < 1.29 is 0 Å². The number of para-hydroxylation sites is 3. The average molecular weight is 1460 g/mol. The standard InChI is InChI=1S/C110H82N4/c1-4-30-89(5-2)111(93-65-55-84(56-66-93)101-44-25-24-31-77(101)3)97-69-87(70-98(75-97)112(90-38-18-9-19-39-90)94-59-49-81(50-60-94)78-32-12-6-13-33-78)85-57-67-104-102-45-26-28-47-106(102)110(108(104)73-85)107-48-29-27-46-103(107)105-68-58-86(74-109(105)110)88-71-99(113(91-40-20-10-21-41-91)95-61-51-82(52-62-95)79-34-14-7-15-35-79)76-100(72-88)114(92-42-22-11-23-43-92)96-63-53-83(54-64-96)80-36-16-8-17-37-80/h4-77,101H,1-2H2,3H3/b89-30+. The van der Waals surface area contributed by atoms with Crippen LogP contribution in [0.25, 0.3) is 77.9 Å². The molecule has 0 fully saturated rings. The Balaban J connectivity index is 0.819. The van der Waals surface area contributed by atoms with Crippen LogP contribution in [0, 0.1) is 5.92 Å². The zero-order valence-electron chi connectivity index (χ0n) is 63.5. The van der Waals surface area contributed by atoms with E-state index < -0.39 is 5.41 Å². The van der Waals surface area contributed by atoms with E-state index in [1.54, 1.807) is 0 Å². The number of nitrogens with zero attached hydrogens (tertiary/aromatic N) is 4. The molecule has 114 heavy (non-hydrogen) atoms. The van der Waals surface area contributed by atoms with Gasteiger partial charge in [0.25, 0.3) is 0 Å². The lowest BCUT2D eigenvalue weighted by Crippen LogP contribution is -2.26. The predicted octanol–water partition coefficient (Wildman–Crippen LogP) is 30.0. The van der Waals surface area contributed by atoms with Gasteiger partial charge in [-0.2, -0.15) is 0 Å². The van der Waals surface area contributed by atoms with E-state index in [0.29, 0.717) is 5.92 Å². The van der Waals surface area contributed by atoms with Crippen molar-refractivity contribution in [2.75, 3.05) is 19.6 Å². The van der Waals surface area contributed by atoms with Gasteiger partial charge in [-0.25, -0.2) is 0 Å². The van der Waals surface area contributed by atoms with Crippen LogP contribution in [-0.4, -0.2) is 0 Å². The maximum Gasteiger partial charge on any atom is 0.0725 e. The van der Waals surface area contributed by atoms with Gasteiger partial charge in [0.05, 0.1) is 5.41 Å². The highest BCUT2D eigenvalue weighted by molar-refractivity contribution is 5.99. The third kappa shape index (κ3) is 12.9. The van der Waals surface area contributed by atoms with Gasteiger partial charge in [-0.15, -0.1) is 0 Å². The molecule has 542 valence electrons. The molecule has 0 amide bonds. The summed E-state index contributed by atoms with van der Waals surface area (Å²) in [5.41, 5.74) is 33.8. The largest absolute Gasteiger partial charge is 0.310 e. The molecule has 3 atom stereocenters. The van der Waals surface area contributed by atoms with Crippen molar-refractivity contribution in [1.29, 1.82) is 0 Å². The lowest BCUT2D eigenvalue weighted by atomic mass is 9.70. The smallest absolute Gasteiger partial charge is 0.0725 e. The normalized spacial score (nSPS) is 14.8. The molecule has 0 heterocycles. The number of hydrogen-bond donors (Lipinski definition) is 0. The SMILES string of the molecule is C=C/C=C(\C=C)N(c1ccc(C2C=CC=CC2C)cc1)c1cc(-c2ccc3c(c2)C2(c4ccccc4-3)c3ccccc3-c3ccc(-c4cc(N(c5ccccc5)c5ccc(-c6ccccc6)cc5)cc(N(c5ccccc5)c5ccc(-c6ccccc6)cc5)c4)cc32)cc(N(c2ccccc2)c2ccc(-c3ccccc3)cc2)c1. The van der Waals surface area contributed by atoms with Gasteiger partial charge >= 0.3 is 0 Å². The monoisotopic (exact) mass is 1460 g/mol. The summed E-state index contributed by atoms with van der Waals surface area (Å²) < 4.78 is 0. The molecule has 0 saturated heterocycles. The van der Waals surface area contributed by atoms with E-state index in [-0.39, 0.29) is 5.92 Å². The molecule has 4 nitrogen and oxygen atoms in total. The first-order valence-electron chi connectivity index (χ1n) is 39.4. The molecule has 3 aliphatic carbocycles. The Hall–Kier alpha value is -14.6. The van der Waals surface area contributed by atoms with Crippen LogP contribution >= 0.6 is 0 Å². The minimum absolute atomic E-state index is 0.262. The van der Waals surface area contributed by atoms with E-state index >= 15 is 0 Å². The van der Waals surface area contributed by atoms with Crippen molar-refractivity contribution in [2.45, 2.75) is 18.3 Å². The van der Waals surface area contributed by atoms with Gasteiger partial charge in [0.15, 0.2) is 0 Å². The van der Waals surface area contributed by atoms with Crippen molar-refractivity contribution in [1.82, 2.24) is 0 Å². The molecule has 16 aromatic carbocycles. The van der Waals surface area contributed by atoms with Crippen molar-refractivity contribution in [3.63, 3.8) is 0 Å². The first kappa shape index (κ1) is 69.8. The average Bonchev–Trinajstić information content (AvgIpc) is 1.51. The third-order valence-corrected chi connectivity index (χ3v) is 23.0. The van der Waals surface area contributed by atoms with Crippen LogP contribution in [0.2, 0.25) is 0 Å².